The lowest BCUT2D eigenvalue weighted by Crippen LogP contribution is -2.60. The van der Waals surface area contributed by atoms with E-state index in [0.29, 0.717) is 12.0 Å². The smallest absolute Gasteiger partial charge is 0.333 e. The van der Waals surface area contributed by atoms with Crippen molar-refractivity contribution in [3.63, 3.8) is 0 Å². The molecular weight excluding hydrogens is 488 g/mol. The van der Waals surface area contributed by atoms with Crippen molar-refractivity contribution in [3.05, 3.63) is 36.0 Å². The fourth-order valence-corrected chi connectivity index (χ4v) is 6.92. The first kappa shape index (κ1) is 30.7. The van der Waals surface area contributed by atoms with E-state index in [0.717, 1.165) is 37.5 Å². The minimum Gasteiger partial charge on any atom is -0.453 e. The maximum absolute atomic E-state index is 12.5. The Balaban J connectivity index is 1.92. The first-order valence-corrected chi connectivity index (χ1v) is 13.7. The fourth-order valence-electron chi connectivity index (χ4n) is 6.92. The summed E-state index contributed by atoms with van der Waals surface area (Å²) in [6, 6.07) is 0. The Hall–Kier alpha value is -1.84. The summed E-state index contributed by atoms with van der Waals surface area (Å²) >= 11 is 0. The van der Waals surface area contributed by atoms with Crippen LogP contribution in [0.4, 0.5) is 0 Å². The molecule has 1 saturated carbocycles. The Morgan fingerprint density at radius 2 is 2.00 bits per heavy atom. The van der Waals surface area contributed by atoms with E-state index < -0.39 is 47.7 Å². The van der Waals surface area contributed by atoms with E-state index in [4.69, 9.17) is 14.2 Å². The van der Waals surface area contributed by atoms with Crippen LogP contribution in [-0.2, 0) is 23.8 Å². The van der Waals surface area contributed by atoms with Gasteiger partial charge in [-0.25, -0.2) is 4.79 Å². The number of esters is 1. The van der Waals surface area contributed by atoms with Gasteiger partial charge < -0.3 is 34.3 Å². The predicted molar refractivity (Wildman–Crippen MR) is 143 cm³/mol. The van der Waals surface area contributed by atoms with Crippen molar-refractivity contribution in [1.82, 2.24) is 0 Å². The number of hydrogen-bond donors (Lipinski definition) is 3. The second kappa shape index (κ2) is 11.7. The van der Waals surface area contributed by atoms with E-state index in [1.54, 1.807) is 32.9 Å². The summed E-state index contributed by atoms with van der Waals surface area (Å²) in [7, 11) is 0. The number of allylic oxidation sites excluding steroid dienone is 2. The first-order valence-electron chi connectivity index (χ1n) is 13.7. The molecular formula is C30H46O8. The van der Waals surface area contributed by atoms with Crippen LogP contribution in [0.5, 0.6) is 0 Å². The van der Waals surface area contributed by atoms with E-state index in [-0.39, 0.29) is 23.9 Å². The zero-order valence-electron chi connectivity index (χ0n) is 23.7. The van der Waals surface area contributed by atoms with E-state index >= 15 is 0 Å². The number of rotatable bonds is 9. The average Bonchev–Trinajstić information content (AvgIpc) is 2.86. The van der Waals surface area contributed by atoms with Crippen LogP contribution >= 0.6 is 0 Å². The van der Waals surface area contributed by atoms with Gasteiger partial charge in [0.25, 0.3) is 0 Å². The third kappa shape index (κ3) is 5.99. The van der Waals surface area contributed by atoms with Crippen LogP contribution in [0, 0.1) is 22.7 Å². The molecule has 3 rings (SSSR count). The molecule has 0 amide bonds. The third-order valence-corrected chi connectivity index (χ3v) is 9.32. The summed E-state index contributed by atoms with van der Waals surface area (Å²) in [5.41, 5.74) is -0.493. The van der Waals surface area contributed by atoms with Gasteiger partial charge in [-0.15, -0.1) is 6.58 Å². The topological polar surface area (TPSA) is 123 Å². The van der Waals surface area contributed by atoms with E-state index in [9.17, 15) is 24.9 Å². The molecule has 10 atom stereocenters. The normalized spacial score (nSPS) is 41.3. The summed E-state index contributed by atoms with van der Waals surface area (Å²) < 4.78 is 17.5. The van der Waals surface area contributed by atoms with E-state index in [1.165, 1.54) is 0 Å². The molecule has 0 bridgehead atoms. The van der Waals surface area contributed by atoms with Crippen LogP contribution in [0.3, 0.4) is 0 Å². The van der Waals surface area contributed by atoms with Crippen LogP contribution in [0.25, 0.3) is 0 Å². The van der Waals surface area contributed by atoms with Crippen molar-refractivity contribution in [2.45, 2.75) is 110 Å². The number of aldehydes is 1. The lowest BCUT2D eigenvalue weighted by atomic mass is 9.47. The molecule has 0 spiro atoms. The van der Waals surface area contributed by atoms with E-state index in [2.05, 4.69) is 13.5 Å². The second-order valence-electron chi connectivity index (χ2n) is 12.2. The molecule has 8 heteroatoms. The molecule has 0 unspecified atom stereocenters. The second-order valence-corrected chi connectivity index (χ2v) is 12.2. The molecule has 0 aromatic heterocycles. The molecule has 1 heterocycles. The average molecular weight is 535 g/mol. The van der Waals surface area contributed by atoms with Crippen molar-refractivity contribution in [1.29, 1.82) is 0 Å². The van der Waals surface area contributed by atoms with Crippen molar-refractivity contribution in [2.24, 2.45) is 22.7 Å². The van der Waals surface area contributed by atoms with Crippen molar-refractivity contribution < 1.29 is 39.1 Å². The van der Waals surface area contributed by atoms with Crippen LogP contribution in [0.15, 0.2) is 36.0 Å². The van der Waals surface area contributed by atoms with Gasteiger partial charge in [-0.3, -0.25) is 0 Å². The van der Waals surface area contributed by atoms with Crippen molar-refractivity contribution in [2.75, 3.05) is 6.61 Å². The molecule has 3 aliphatic rings. The lowest BCUT2D eigenvalue weighted by molar-refractivity contribution is -0.293. The highest BCUT2D eigenvalue weighted by Gasteiger charge is 2.58. The zero-order chi connectivity index (χ0) is 28.5. The van der Waals surface area contributed by atoms with Gasteiger partial charge in [-0.05, 0) is 64.7 Å². The van der Waals surface area contributed by atoms with Crippen molar-refractivity contribution in [3.8, 4) is 0 Å². The Kier molecular flexibility index (Phi) is 9.47. The Morgan fingerprint density at radius 1 is 1.32 bits per heavy atom. The number of carbonyl (C=O) groups excluding carboxylic acids is 2. The number of ether oxygens (including phenoxy) is 3. The van der Waals surface area contributed by atoms with Gasteiger partial charge in [0.05, 0.1) is 18.3 Å². The summed E-state index contributed by atoms with van der Waals surface area (Å²) in [5, 5.41) is 32.1. The molecule has 214 valence electrons. The maximum atomic E-state index is 12.5. The van der Waals surface area contributed by atoms with Crippen LogP contribution in [0.2, 0.25) is 0 Å². The predicted octanol–water partition coefficient (Wildman–Crippen LogP) is 3.63. The monoisotopic (exact) mass is 534 g/mol. The first-order chi connectivity index (χ1) is 17.7. The maximum Gasteiger partial charge on any atom is 0.333 e. The highest BCUT2D eigenvalue weighted by Crippen LogP contribution is 2.61. The van der Waals surface area contributed by atoms with Crippen molar-refractivity contribution >= 4 is 12.3 Å². The summed E-state index contributed by atoms with van der Waals surface area (Å²) in [5.74, 6) is -0.719. The molecule has 0 aromatic carbocycles. The van der Waals surface area contributed by atoms with Gasteiger partial charge in [-0.1, -0.05) is 44.1 Å². The molecule has 38 heavy (non-hydrogen) atoms. The Bertz CT molecular complexity index is 954. The number of fused-ring (bicyclic) bond motifs is 1. The molecule has 1 aliphatic heterocycles. The lowest BCUT2D eigenvalue weighted by Gasteiger charge is -2.59. The Morgan fingerprint density at radius 3 is 2.61 bits per heavy atom. The van der Waals surface area contributed by atoms with Gasteiger partial charge in [0.15, 0.2) is 12.4 Å². The quantitative estimate of drug-likeness (QED) is 0.177. The molecule has 0 radical (unpaired) electrons. The number of carbonyl (C=O) groups is 2. The van der Waals surface area contributed by atoms with Gasteiger partial charge in [0.2, 0.25) is 0 Å². The van der Waals surface area contributed by atoms with Gasteiger partial charge >= 0.3 is 5.97 Å². The fraction of sp³-hybridized carbons (Fsp3) is 0.733. The minimum atomic E-state index is -1.42. The summed E-state index contributed by atoms with van der Waals surface area (Å²) in [4.78, 5) is 24.9. The largest absolute Gasteiger partial charge is 0.453 e. The molecule has 0 aromatic rings. The number of hydrogen-bond acceptors (Lipinski definition) is 8. The van der Waals surface area contributed by atoms with Gasteiger partial charge in [0.1, 0.15) is 18.5 Å². The molecule has 8 nitrogen and oxygen atoms in total. The Labute approximate surface area is 226 Å². The van der Waals surface area contributed by atoms with Gasteiger partial charge in [0, 0.05) is 16.9 Å². The third-order valence-electron chi connectivity index (χ3n) is 9.32. The molecule has 2 fully saturated rings. The summed E-state index contributed by atoms with van der Waals surface area (Å²) in [6.07, 6.45) is 4.44. The zero-order valence-corrected chi connectivity index (χ0v) is 23.7. The SMILES string of the molecule is C=C[C@](C)(O)CC[C@H]1C(C)=C[C@H](O[C@@H]2OC[C@H](O)[C@H](OC(=O)/C(C)=C/C)[C@H]2O)[C@@H]2[C@]1(C)CCC[C@@]2(C)C=O. The molecule has 1 saturated heterocycles. The van der Waals surface area contributed by atoms with E-state index in [1.807, 2.05) is 19.9 Å². The van der Waals surface area contributed by atoms with Crippen LogP contribution in [0.1, 0.15) is 73.6 Å². The number of aliphatic hydroxyl groups excluding tert-OH is 2. The molecule has 3 N–H and O–H groups in total. The van der Waals surface area contributed by atoms with Crippen LogP contribution in [-0.4, -0.2) is 70.5 Å². The summed E-state index contributed by atoms with van der Waals surface area (Å²) in [6.45, 7) is 14.9. The highest BCUT2D eigenvalue weighted by molar-refractivity contribution is 5.87. The van der Waals surface area contributed by atoms with Crippen LogP contribution < -0.4 is 0 Å². The molecule has 2 aliphatic carbocycles. The standard InChI is InChI=1S/C30H46O8/c1-8-18(3)26(34)38-24-21(32)16-36-27(23(24)33)37-22-15-19(4)20(11-14-29(6,35)9-2)30(7)13-10-12-28(5,17-31)25(22)30/h8-9,15,17,20-25,27,32-33,35H,2,10-14,16H2,1,3-7H3/b18-8+/t20-,21-,22-,23+,24-,25-,27-,28-,29-,30+/m0/s1. The number of aliphatic hydroxyl groups is 3. The van der Waals surface area contributed by atoms with Gasteiger partial charge in [-0.2, -0.15) is 0 Å². The minimum absolute atomic E-state index is 0.120. The highest BCUT2D eigenvalue weighted by atomic mass is 16.7.